The predicted molar refractivity (Wildman–Crippen MR) is 86.2 cm³/mol. The number of nitrogens with zero attached hydrogens (tertiary/aromatic N) is 3. The van der Waals surface area contributed by atoms with Gasteiger partial charge in [-0.25, -0.2) is 9.50 Å². The number of ketones is 1. The van der Waals surface area contributed by atoms with Crippen LogP contribution >= 0.6 is 0 Å². The van der Waals surface area contributed by atoms with Crippen molar-refractivity contribution in [2.75, 3.05) is 0 Å². The number of carbonyl (C=O) groups excluding carboxylic acids is 1. The Labute approximate surface area is 129 Å². The van der Waals surface area contributed by atoms with Crippen molar-refractivity contribution in [2.24, 2.45) is 0 Å². The van der Waals surface area contributed by atoms with Gasteiger partial charge >= 0.3 is 0 Å². The lowest BCUT2D eigenvalue weighted by atomic mass is 10.2. The zero-order valence-corrected chi connectivity index (χ0v) is 12.2. The van der Waals surface area contributed by atoms with E-state index >= 15 is 0 Å². The molecule has 0 spiro atoms. The third-order valence-corrected chi connectivity index (χ3v) is 3.82. The molecule has 2 heterocycles. The molecular weight excluding hydrogens is 294 g/mol. The smallest absolute Gasteiger partial charge is 0.281 e. The second-order valence-corrected chi connectivity index (χ2v) is 5.26. The van der Waals surface area contributed by atoms with Gasteiger partial charge in [-0.1, -0.05) is 24.3 Å². The highest BCUT2D eigenvalue weighted by molar-refractivity contribution is 5.93. The fourth-order valence-corrected chi connectivity index (χ4v) is 2.80. The number of rotatable bonds is 1. The normalized spacial score (nSPS) is 11.3. The van der Waals surface area contributed by atoms with Gasteiger partial charge in [0.25, 0.3) is 11.1 Å². The average Bonchev–Trinajstić information content (AvgIpc) is 2.77. The highest BCUT2D eigenvalue weighted by Gasteiger charge is 2.17. The van der Waals surface area contributed by atoms with Crippen LogP contribution in [0.5, 0.6) is 0 Å². The van der Waals surface area contributed by atoms with Gasteiger partial charge in [0, 0.05) is 6.92 Å². The molecule has 4 aromatic rings. The van der Waals surface area contributed by atoms with Gasteiger partial charge in [0.2, 0.25) is 0 Å². The first-order valence-corrected chi connectivity index (χ1v) is 7.06. The largest absolute Gasteiger partial charge is 0.291 e. The van der Waals surface area contributed by atoms with Gasteiger partial charge in [-0.2, -0.15) is 4.52 Å². The minimum Gasteiger partial charge on any atom is -0.291 e. The van der Waals surface area contributed by atoms with Crippen molar-refractivity contribution in [3.8, 4) is 0 Å². The molecule has 0 aliphatic rings. The van der Waals surface area contributed by atoms with E-state index in [9.17, 15) is 14.4 Å². The minimum absolute atomic E-state index is 0.0653. The van der Waals surface area contributed by atoms with Crippen LogP contribution in [0.2, 0.25) is 0 Å². The Morgan fingerprint density at radius 3 is 2.22 bits per heavy atom. The number of para-hydroxylation sites is 2. The second kappa shape index (κ2) is 4.61. The summed E-state index contributed by atoms with van der Waals surface area (Å²) >= 11 is 0. The monoisotopic (exact) mass is 305 g/mol. The van der Waals surface area contributed by atoms with Crippen LogP contribution in [0.25, 0.3) is 21.8 Å². The lowest BCUT2D eigenvalue weighted by molar-refractivity contribution is 0.1000. The third kappa shape index (κ3) is 1.75. The fourth-order valence-electron chi connectivity index (χ4n) is 2.80. The minimum atomic E-state index is -0.435. The first kappa shape index (κ1) is 13.4. The van der Waals surface area contributed by atoms with E-state index in [4.69, 9.17) is 0 Å². The summed E-state index contributed by atoms with van der Waals surface area (Å²) in [6.45, 7) is 1.33. The molecule has 2 aromatic heterocycles. The molecule has 2 aromatic carbocycles. The van der Waals surface area contributed by atoms with Crippen molar-refractivity contribution in [1.29, 1.82) is 0 Å². The van der Waals surface area contributed by atoms with Crippen LogP contribution < -0.4 is 11.1 Å². The van der Waals surface area contributed by atoms with Crippen molar-refractivity contribution in [2.45, 2.75) is 6.92 Å². The van der Waals surface area contributed by atoms with E-state index in [0.717, 1.165) is 4.52 Å². The number of aromatic nitrogens is 3. The second-order valence-electron chi connectivity index (χ2n) is 5.26. The summed E-state index contributed by atoms with van der Waals surface area (Å²) in [5.41, 5.74) is 0.00476. The molecule has 0 N–H and O–H groups in total. The van der Waals surface area contributed by atoms with E-state index in [-0.39, 0.29) is 17.2 Å². The molecule has 23 heavy (non-hydrogen) atoms. The number of hydrogen-bond acceptors (Lipinski definition) is 4. The van der Waals surface area contributed by atoms with Crippen molar-refractivity contribution >= 4 is 27.6 Å². The van der Waals surface area contributed by atoms with E-state index in [1.807, 2.05) is 0 Å². The molecule has 0 aliphatic heterocycles. The molecule has 4 rings (SSSR count). The Morgan fingerprint density at radius 1 is 0.870 bits per heavy atom. The lowest BCUT2D eigenvalue weighted by Crippen LogP contribution is -2.23. The Bertz CT molecular complexity index is 1230. The van der Waals surface area contributed by atoms with Gasteiger partial charge in [0.05, 0.1) is 21.8 Å². The maximum atomic E-state index is 12.9. The lowest BCUT2D eigenvalue weighted by Gasteiger charge is -1.95. The van der Waals surface area contributed by atoms with Crippen LogP contribution in [0.3, 0.4) is 0 Å². The van der Waals surface area contributed by atoms with Gasteiger partial charge in [-0.05, 0) is 24.3 Å². The van der Waals surface area contributed by atoms with E-state index in [0.29, 0.717) is 21.8 Å². The number of carbonyl (C=O) groups is 1. The molecular formula is C17H11N3O3. The quantitative estimate of drug-likeness (QED) is 0.501. The van der Waals surface area contributed by atoms with E-state index in [2.05, 4.69) is 4.98 Å². The third-order valence-electron chi connectivity index (χ3n) is 3.82. The van der Waals surface area contributed by atoms with Gasteiger partial charge in [0.15, 0.2) is 11.6 Å². The van der Waals surface area contributed by atoms with Crippen LogP contribution in [0.4, 0.5) is 0 Å². The highest BCUT2D eigenvalue weighted by atomic mass is 16.2. The predicted octanol–water partition coefficient (Wildman–Crippen LogP) is 1.66. The van der Waals surface area contributed by atoms with Crippen molar-refractivity contribution in [1.82, 2.24) is 14.0 Å². The van der Waals surface area contributed by atoms with Gasteiger partial charge in [-0.15, -0.1) is 0 Å². The molecule has 0 saturated carbocycles. The summed E-state index contributed by atoms with van der Waals surface area (Å²) in [6, 6.07) is 13.5. The molecule has 0 saturated heterocycles. The first-order valence-electron chi connectivity index (χ1n) is 7.06. The molecule has 0 atom stereocenters. The van der Waals surface area contributed by atoms with Crippen LogP contribution in [0, 0.1) is 0 Å². The standard InChI is InChI=1S/C17H11N3O3/c1-10(21)15-18-13-8-4-2-6-11(13)16(22)19-14-9-5-3-7-12(14)17(23)20(15)19/h2-9H,1H3. The van der Waals surface area contributed by atoms with Crippen LogP contribution in [-0.2, 0) is 0 Å². The Morgan fingerprint density at radius 2 is 1.48 bits per heavy atom. The summed E-state index contributed by atoms with van der Waals surface area (Å²) in [7, 11) is 0. The molecule has 0 bridgehead atoms. The topological polar surface area (TPSA) is 72.9 Å². The molecule has 112 valence electrons. The van der Waals surface area contributed by atoms with Crippen molar-refractivity contribution in [3.05, 3.63) is 75.1 Å². The van der Waals surface area contributed by atoms with Gasteiger partial charge in [0.1, 0.15) is 0 Å². The maximum Gasteiger partial charge on any atom is 0.281 e. The summed E-state index contributed by atoms with van der Waals surface area (Å²) in [4.78, 5) is 42.0. The Kier molecular flexibility index (Phi) is 2.68. The summed E-state index contributed by atoms with van der Waals surface area (Å²) in [5.74, 6) is -0.454. The molecule has 6 heteroatoms. The molecule has 0 radical (unpaired) electrons. The number of benzene rings is 2. The Balaban J connectivity index is 2.51. The molecule has 0 amide bonds. The molecule has 0 aliphatic carbocycles. The molecule has 0 unspecified atom stereocenters. The van der Waals surface area contributed by atoms with Gasteiger partial charge < -0.3 is 0 Å². The summed E-state index contributed by atoms with van der Waals surface area (Å²) in [5, 5.41) is 0.715. The first-order chi connectivity index (χ1) is 11.1. The number of fused-ring (bicyclic) bond motifs is 4. The van der Waals surface area contributed by atoms with E-state index < -0.39 is 5.56 Å². The van der Waals surface area contributed by atoms with Crippen LogP contribution in [0.1, 0.15) is 17.5 Å². The zero-order valence-electron chi connectivity index (χ0n) is 12.2. The summed E-state index contributed by atoms with van der Waals surface area (Å²) < 4.78 is 2.29. The van der Waals surface area contributed by atoms with Gasteiger partial charge in [-0.3, -0.25) is 14.4 Å². The SMILES string of the molecule is CC(=O)c1nc2ccccc2c(=O)n2c3ccccc3c(=O)n12. The summed E-state index contributed by atoms with van der Waals surface area (Å²) in [6.07, 6.45) is 0. The van der Waals surface area contributed by atoms with Crippen molar-refractivity contribution in [3.63, 3.8) is 0 Å². The Hall–Kier alpha value is -3.28. The number of Topliss-reactive ketones (excluding diaryl/α,β-unsaturated/α-hetero) is 1. The molecule has 6 nitrogen and oxygen atoms in total. The van der Waals surface area contributed by atoms with E-state index in [1.165, 1.54) is 11.4 Å². The maximum absolute atomic E-state index is 12.9. The highest BCUT2D eigenvalue weighted by Crippen LogP contribution is 2.12. The fraction of sp³-hybridized carbons (Fsp3) is 0.0588. The zero-order chi connectivity index (χ0) is 16.1. The number of hydrogen-bond donors (Lipinski definition) is 0. The van der Waals surface area contributed by atoms with Crippen molar-refractivity contribution < 1.29 is 4.79 Å². The average molecular weight is 305 g/mol. The molecule has 0 fully saturated rings. The van der Waals surface area contributed by atoms with Crippen LogP contribution in [0.15, 0.2) is 58.1 Å². The van der Waals surface area contributed by atoms with Crippen LogP contribution in [-0.4, -0.2) is 19.8 Å². The van der Waals surface area contributed by atoms with E-state index in [1.54, 1.807) is 48.5 Å².